The third-order valence-electron chi connectivity index (χ3n) is 4.86. The molecule has 4 heterocycles. The summed E-state index contributed by atoms with van der Waals surface area (Å²) >= 11 is 0. The second-order valence-corrected chi connectivity index (χ2v) is 8.62. The number of fused-ring (bicyclic) bond motifs is 3. The molecule has 1 fully saturated rings. The number of nitrogens with zero attached hydrogens (tertiary/aromatic N) is 2. The molecule has 0 spiro atoms. The maximum atomic E-state index is 12.4. The van der Waals surface area contributed by atoms with Crippen LogP contribution in [0.2, 0.25) is 0 Å². The Morgan fingerprint density at radius 2 is 2.36 bits per heavy atom. The largest absolute Gasteiger partial charge is 0.552 e. The summed E-state index contributed by atoms with van der Waals surface area (Å²) in [5, 5.41) is 11.0. The summed E-state index contributed by atoms with van der Waals surface area (Å²) in [6.45, 7) is 2.82. The van der Waals surface area contributed by atoms with Crippen molar-refractivity contribution in [1.29, 1.82) is 0 Å². The Morgan fingerprint density at radius 3 is 3.16 bits per heavy atom. The monoisotopic (exact) mass is 361 g/mol. The highest BCUT2D eigenvalue weighted by Gasteiger charge is 2.37. The van der Waals surface area contributed by atoms with E-state index >= 15 is 0 Å². The molecule has 4 rings (SSSR count). The number of nitrogens with one attached hydrogen (secondary N) is 1. The molecule has 9 heteroatoms. The highest BCUT2D eigenvalue weighted by atomic mass is 32.2. The zero-order valence-corrected chi connectivity index (χ0v) is 14.8. The van der Waals surface area contributed by atoms with Gasteiger partial charge in [-0.25, -0.2) is 17.7 Å². The summed E-state index contributed by atoms with van der Waals surface area (Å²) in [4.78, 5) is 7.38. The van der Waals surface area contributed by atoms with Crippen LogP contribution in [0.1, 0.15) is 25.3 Å². The SMILES string of the molecule is CCCS(=O)(=O)N1CCC(C2=CB(O)Oc3cnc4[nH]ccc4c32)C1. The number of hydrogen-bond donors (Lipinski definition) is 2. The molecule has 2 aromatic heterocycles. The van der Waals surface area contributed by atoms with Crippen LogP contribution in [0, 0.1) is 5.92 Å². The maximum Gasteiger partial charge on any atom is 0.552 e. The maximum absolute atomic E-state index is 12.4. The molecule has 2 N–H and O–H groups in total. The van der Waals surface area contributed by atoms with Gasteiger partial charge in [0.2, 0.25) is 10.0 Å². The first-order valence-electron chi connectivity index (χ1n) is 8.50. The second kappa shape index (κ2) is 6.15. The minimum Gasteiger partial charge on any atom is -0.531 e. The molecule has 25 heavy (non-hydrogen) atoms. The zero-order valence-electron chi connectivity index (χ0n) is 14.0. The molecule has 2 aliphatic rings. The summed E-state index contributed by atoms with van der Waals surface area (Å²) in [6, 6.07) is 1.93. The predicted octanol–water partition coefficient (Wildman–Crippen LogP) is 1.42. The third kappa shape index (κ3) is 2.86. The Kier molecular flexibility index (Phi) is 4.09. The van der Waals surface area contributed by atoms with Gasteiger partial charge in [-0.15, -0.1) is 0 Å². The molecular formula is C16H20BN3O4S. The number of H-pyrrole nitrogens is 1. The lowest BCUT2D eigenvalue weighted by molar-refractivity contribution is 0.425. The lowest BCUT2D eigenvalue weighted by Gasteiger charge is -2.25. The molecule has 0 saturated carbocycles. The number of sulfonamides is 1. The summed E-state index contributed by atoms with van der Waals surface area (Å²) in [6.07, 6.45) is 4.75. The summed E-state index contributed by atoms with van der Waals surface area (Å²) < 4.78 is 31.8. The van der Waals surface area contributed by atoms with Crippen LogP contribution in [0.4, 0.5) is 0 Å². The highest BCUT2D eigenvalue weighted by molar-refractivity contribution is 7.89. The van der Waals surface area contributed by atoms with E-state index in [-0.39, 0.29) is 11.7 Å². The average molecular weight is 361 g/mol. The minimum absolute atomic E-state index is 0.0319. The van der Waals surface area contributed by atoms with Crippen molar-refractivity contribution in [2.24, 2.45) is 5.92 Å². The van der Waals surface area contributed by atoms with Crippen LogP contribution in [-0.2, 0) is 10.0 Å². The lowest BCUT2D eigenvalue weighted by Crippen LogP contribution is -2.31. The van der Waals surface area contributed by atoms with Crippen LogP contribution in [0.5, 0.6) is 5.75 Å². The van der Waals surface area contributed by atoms with Crippen molar-refractivity contribution in [3.05, 3.63) is 30.0 Å². The number of pyridine rings is 1. The smallest absolute Gasteiger partial charge is 0.531 e. The summed E-state index contributed by atoms with van der Waals surface area (Å²) in [7, 11) is -4.25. The molecule has 2 aliphatic heterocycles. The molecule has 7 nitrogen and oxygen atoms in total. The van der Waals surface area contributed by atoms with Crippen molar-refractivity contribution in [3.8, 4) is 5.75 Å². The van der Waals surface area contributed by atoms with E-state index in [1.54, 1.807) is 16.5 Å². The number of rotatable bonds is 4. The molecule has 0 amide bonds. The van der Waals surface area contributed by atoms with E-state index in [2.05, 4.69) is 9.97 Å². The van der Waals surface area contributed by atoms with Gasteiger partial charge in [-0.1, -0.05) is 6.92 Å². The molecule has 1 saturated heterocycles. The summed E-state index contributed by atoms with van der Waals surface area (Å²) in [5.41, 5.74) is 2.59. The predicted molar refractivity (Wildman–Crippen MR) is 96.4 cm³/mol. The van der Waals surface area contributed by atoms with Crippen molar-refractivity contribution in [3.63, 3.8) is 0 Å². The fourth-order valence-electron chi connectivity index (χ4n) is 3.74. The van der Waals surface area contributed by atoms with E-state index in [1.807, 2.05) is 19.2 Å². The first-order valence-corrected chi connectivity index (χ1v) is 10.1. The Bertz CT molecular complexity index is 940. The van der Waals surface area contributed by atoms with Crippen molar-refractivity contribution in [1.82, 2.24) is 14.3 Å². The molecule has 2 aromatic rings. The van der Waals surface area contributed by atoms with Crippen LogP contribution in [0.25, 0.3) is 16.6 Å². The van der Waals surface area contributed by atoms with Crippen molar-refractivity contribution in [2.45, 2.75) is 19.8 Å². The fraction of sp³-hybridized carbons (Fsp3) is 0.438. The van der Waals surface area contributed by atoms with Gasteiger partial charge in [0.25, 0.3) is 0 Å². The van der Waals surface area contributed by atoms with Gasteiger partial charge in [0, 0.05) is 30.2 Å². The molecule has 0 aromatic carbocycles. The van der Waals surface area contributed by atoms with Crippen LogP contribution < -0.4 is 4.65 Å². The van der Waals surface area contributed by atoms with E-state index in [9.17, 15) is 13.4 Å². The van der Waals surface area contributed by atoms with Crippen LogP contribution in [0.15, 0.2) is 24.4 Å². The van der Waals surface area contributed by atoms with Gasteiger partial charge in [0.1, 0.15) is 11.4 Å². The first kappa shape index (κ1) is 16.6. The van der Waals surface area contributed by atoms with E-state index in [0.29, 0.717) is 25.3 Å². The van der Waals surface area contributed by atoms with Gasteiger partial charge < -0.3 is 14.7 Å². The minimum atomic E-state index is -3.21. The second-order valence-electron chi connectivity index (χ2n) is 6.53. The van der Waals surface area contributed by atoms with Gasteiger partial charge >= 0.3 is 7.12 Å². The van der Waals surface area contributed by atoms with Gasteiger partial charge in [0.05, 0.1) is 11.9 Å². The topological polar surface area (TPSA) is 95.5 Å². The number of aromatic amines is 1. The Morgan fingerprint density at radius 1 is 1.52 bits per heavy atom. The molecule has 0 bridgehead atoms. The van der Waals surface area contributed by atoms with Gasteiger partial charge in [-0.05, 0) is 36.4 Å². The Hall–Kier alpha value is -1.84. The first-order chi connectivity index (χ1) is 12.0. The molecule has 1 unspecified atom stereocenters. The molecule has 0 aliphatic carbocycles. The lowest BCUT2D eigenvalue weighted by atomic mass is 9.77. The average Bonchev–Trinajstić information content (AvgIpc) is 3.23. The number of hydrogen-bond acceptors (Lipinski definition) is 5. The van der Waals surface area contributed by atoms with Gasteiger partial charge in [-0.3, -0.25) is 0 Å². The quantitative estimate of drug-likeness (QED) is 0.803. The third-order valence-corrected chi connectivity index (χ3v) is 6.90. The number of aromatic nitrogens is 2. The van der Waals surface area contributed by atoms with Crippen LogP contribution >= 0.6 is 0 Å². The van der Waals surface area contributed by atoms with Crippen molar-refractivity contribution in [2.75, 3.05) is 18.8 Å². The van der Waals surface area contributed by atoms with Crippen molar-refractivity contribution >= 4 is 33.7 Å². The standard InChI is InChI=1S/C16H20BN3O4S/c1-2-7-25(22,23)20-6-4-11(10-20)13-8-17(21)24-14-9-19-16-12(15(13)14)3-5-18-16/h3,5,8-9,11,21H,2,4,6-7,10H2,1H3,(H,18,19). The zero-order chi connectivity index (χ0) is 17.6. The van der Waals surface area contributed by atoms with E-state index in [1.165, 1.54) is 0 Å². The van der Waals surface area contributed by atoms with E-state index < -0.39 is 17.1 Å². The Balaban J connectivity index is 1.71. The molecule has 0 radical (unpaired) electrons. The normalized spacial score (nSPS) is 21.3. The fourth-order valence-corrected chi connectivity index (χ4v) is 5.30. The summed E-state index contributed by atoms with van der Waals surface area (Å²) in [5.74, 6) is 2.43. The molecular weight excluding hydrogens is 341 g/mol. The highest BCUT2D eigenvalue weighted by Crippen LogP contribution is 2.42. The van der Waals surface area contributed by atoms with Crippen molar-refractivity contribution < 1.29 is 18.1 Å². The van der Waals surface area contributed by atoms with E-state index in [4.69, 9.17) is 4.65 Å². The van der Waals surface area contributed by atoms with Gasteiger partial charge in [-0.2, -0.15) is 0 Å². The van der Waals surface area contributed by atoms with E-state index in [0.717, 1.165) is 28.6 Å². The molecule has 1 atom stereocenters. The van der Waals surface area contributed by atoms with Crippen LogP contribution in [0.3, 0.4) is 0 Å². The molecule has 132 valence electrons. The van der Waals surface area contributed by atoms with Gasteiger partial charge in [0.15, 0.2) is 0 Å². The Labute approximate surface area is 146 Å². The van der Waals surface area contributed by atoms with Crippen LogP contribution in [-0.4, -0.2) is 53.7 Å².